The second-order valence-electron chi connectivity index (χ2n) is 14.4. The maximum Gasteiger partial charge on any atom is 0.254 e. The topological polar surface area (TPSA) is 97.2 Å². The number of carbonyl (C=O) groups excluding carboxylic acids is 2. The van der Waals surface area contributed by atoms with Gasteiger partial charge in [-0.05, 0) is 73.5 Å². The Bertz CT molecular complexity index is 2220. The molecule has 1 aliphatic heterocycles. The fourth-order valence-corrected chi connectivity index (χ4v) is 6.55. The molecular weight excluding hydrogens is 638 g/mol. The summed E-state index contributed by atoms with van der Waals surface area (Å²) in [6.07, 6.45) is 2.03. The molecule has 0 bridgehead atoms. The average Bonchev–Trinajstić information content (AvgIpc) is 3.74. The molecular formula is C42H43N5O4. The average molecular weight is 682 g/mol. The lowest BCUT2D eigenvalue weighted by atomic mass is 9.99. The predicted molar refractivity (Wildman–Crippen MR) is 201 cm³/mol. The van der Waals surface area contributed by atoms with Crippen molar-refractivity contribution in [2.24, 2.45) is 5.92 Å². The highest BCUT2D eigenvalue weighted by molar-refractivity contribution is 6.00. The quantitative estimate of drug-likeness (QED) is 0.151. The van der Waals surface area contributed by atoms with E-state index in [1.807, 2.05) is 86.8 Å². The van der Waals surface area contributed by atoms with Crippen LogP contribution in [0.4, 0.5) is 5.82 Å². The van der Waals surface area contributed by atoms with E-state index in [-0.39, 0.29) is 30.1 Å². The first-order chi connectivity index (χ1) is 24.6. The summed E-state index contributed by atoms with van der Waals surface area (Å²) in [7, 11) is 0. The Kier molecular flexibility index (Phi) is 9.12. The highest BCUT2D eigenvalue weighted by atomic mass is 16.7. The van der Waals surface area contributed by atoms with Crippen LogP contribution in [0.3, 0.4) is 0 Å². The number of anilines is 1. The molecule has 9 heteroatoms. The van der Waals surface area contributed by atoms with Gasteiger partial charge in [0.05, 0.1) is 0 Å². The van der Waals surface area contributed by atoms with E-state index < -0.39 is 6.04 Å². The number of hydrogen-bond acceptors (Lipinski definition) is 6. The molecule has 51 heavy (non-hydrogen) atoms. The van der Waals surface area contributed by atoms with Crippen molar-refractivity contribution in [2.45, 2.75) is 52.7 Å². The molecule has 2 amide bonds. The van der Waals surface area contributed by atoms with Gasteiger partial charge in [0.15, 0.2) is 11.5 Å². The van der Waals surface area contributed by atoms with Crippen LogP contribution in [0, 0.1) is 5.92 Å². The van der Waals surface area contributed by atoms with E-state index in [9.17, 15) is 9.59 Å². The summed E-state index contributed by atoms with van der Waals surface area (Å²) in [6.45, 7) is 11.2. The standard InChI is InChI=1S/C42H43N5O4/c1-27(2)25-47(37(31-18-19-34-35(23-31)51-26-50-34)40(48)43-24-28-12-7-6-8-13-28)41(49)32-16-11-15-30(22-32)36-39(45-42(3,4)5)46-21-20-29-14-9-10-17-33(29)38(46)44-36/h6-23,27,37,45H,24-26H2,1-5H3,(H,43,48). The number of carbonyl (C=O) groups is 2. The van der Waals surface area contributed by atoms with Gasteiger partial charge in [-0.3, -0.25) is 14.0 Å². The van der Waals surface area contributed by atoms with Crippen molar-refractivity contribution < 1.29 is 19.1 Å². The van der Waals surface area contributed by atoms with Crippen molar-refractivity contribution in [3.05, 3.63) is 126 Å². The Morgan fingerprint density at radius 3 is 2.43 bits per heavy atom. The zero-order chi connectivity index (χ0) is 35.7. The van der Waals surface area contributed by atoms with Crippen LogP contribution in [0.2, 0.25) is 0 Å². The smallest absolute Gasteiger partial charge is 0.254 e. The number of imidazole rings is 1. The molecule has 260 valence electrons. The largest absolute Gasteiger partial charge is 0.454 e. The molecule has 0 radical (unpaired) electrons. The SMILES string of the molecule is CC(C)CN(C(=O)c1cccc(-c2nc3c4ccccc4ccn3c2NC(C)(C)C)c1)C(C(=O)NCc1ccccc1)c1ccc2c(c1)OCO2. The van der Waals surface area contributed by atoms with Crippen LogP contribution in [0.1, 0.15) is 62.1 Å². The zero-order valence-corrected chi connectivity index (χ0v) is 29.6. The number of aromatic nitrogens is 2. The molecule has 1 unspecified atom stereocenters. The third kappa shape index (κ3) is 7.10. The second-order valence-corrected chi connectivity index (χ2v) is 14.4. The van der Waals surface area contributed by atoms with Crippen LogP contribution in [-0.4, -0.2) is 45.0 Å². The van der Waals surface area contributed by atoms with Gasteiger partial charge in [0.1, 0.15) is 23.2 Å². The molecule has 0 spiro atoms. The normalized spacial score (nSPS) is 13.1. The van der Waals surface area contributed by atoms with Gasteiger partial charge < -0.3 is 25.0 Å². The summed E-state index contributed by atoms with van der Waals surface area (Å²) in [6, 6.07) is 32.1. The first-order valence-corrected chi connectivity index (χ1v) is 17.4. The van der Waals surface area contributed by atoms with E-state index in [0.717, 1.165) is 39.1 Å². The van der Waals surface area contributed by atoms with Crippen molar-refractivity contribution in [2.75, 3.05) is 18.7 Å². The third-order valence-corrected chi connectivity index (χ3v) is 8.80. The number of pyridine rings is 1. The summed E-state index contributed by atoms with van der Waals surface area (Å²) >= 11 is 0. The van der Waals surface area contributed by atoms with E-state index in [0.29, 0.717) is 35.7 Å². The van der Waals surface area contributed by atoms with Gasteiger partial charge in [-0.2, -0.15) is 0 Å². The predicted octanol–water partition coefficient (Wildman–Crippen LogP) is 8.25. The Hall–Kier alpha value is -5.83. The lowest BCUT2D eigenvalue weighted by Crippen LogP contribution is -2.45. The molecule has 3 heterocycles. The number of fused-ring (bicyclic) bond motifs is 4. The Balaban J connectivity index is 1.30. The van der Waals surface area contributed by atoms with Crippen LogP contribution in [-0.2, 0) is 11.3 Å². The first kappa shape index (κ1) is 33.7. The highest BCUT2D eigenvalue weighted by Crippen LogP contribution is 2.38. The van der Waals surface area contributed by atoms with Gasteiger partial charge in [0.25, 0.3) is 5.91 Å². The number of amides is 2. The summed E-state index contributed by atoms with van der Waals surface area (Å²) < 4.78 is 13.3. The zero-order valence-electron chi connectivity index (χ0n) is 29.6. The Morgan fingerprint density at radius 2 is 1.65 bits per heavy atom. The number of nitrogens with zero attached hydrogens (tertiary/aromatic N) is 3. The van der Waals surface area contributed by atoms with Crippen LogP contribution in [0.5, 0.6) is 11.5 Å². The molecule has 0 saturated carbocycles. The minimum absolute atomic E-state index is 0.0740. The highest BCUT2D eigenvalue weighted by Gasteiger charge is 2.34. The van der Waals surface area contributed by atoms with E-state index in [2.05, 4.69) is 54.0 Å². The molecule has 1 atom stereocenters. The Morgan fingerprint density at radius 1 is 0.882 bits per heavy atom. The van der Waals surface area contributed by atoms with Crippen molar-refractivity contribution in [3.63, 3.8) is 0 Å². The number of ether oxygens (including phenoxy) is 2. The van der Waals surface area contributed by atoms with Gasteiger partial charge in [0.2, 0.25) is 12.7 Å². The summed E-state index contributed by atoms with van der Waals surface area (Å²) in [5, 5.41) is 8.89. The number of benzene rings is 4. The summed E-state index contributed by atoms with van der Waals surface area (Å²) in [4.78, 5) is 35.9. The van der Waals surface area contributed by atoms with E-state index >= 15 is 0 Å². The minimum Gasteiger partial charge on any atom is -0.454 e. The lowest BCUT2D eigenvalue weighted by molar-refractivity contribution is -0.126. The summed E-state index contributed by atoms with van der Waals surface area (Å²) in [5.41, 5.74) is 4.15. The number of nitrogens with one attached hydrogen (secondary N) is 2. The van der Waals surface area contributed by atoms with E-state index in [1.165, 1.54) is 0 Å². The van der Waals surface area contributed by atoms with E-state index in [1.54, 1.807) is 23.1 Å². The monoisotopic (exact) mass is 681 g/mol. The maximum atomic E-state index is 14.8. The van der Waals surface area contributed by atoms with Gasteiger partial charge in [-0.25, -0.2) is 4.98 Å². The van der Waals surface area contributed by atoms with Crippen LogP contribution >= 0.6 is 0 Å². The lowest BCUT2D eigenvalue weighted by Gasteiger charge is -2.33. The minimum atomic E-state index is -0.929. The molecule has 9 nitrogen and oxygen atoms in total. The third-order valence-electron chi connectivity index (χ3n) is 8.80. The molecule has 0 saturated heterocycles. The molecule has 6 aromatic rings. The van der Waals surface area contributed by atoms with Gasteiger partial charge in [0, 0.05) is 41.3 Å². The van der Waals surface area contributed by atoms with Gasteiger partial charge in [-0.1, -0.05) is 86.6 Å². The van der Waals surface area contributed by atoms with Gasteiger partial charge in [-0.15, -0.1) is 0 Å². The second kappa shape index (κ2) is 13.8. The first-order valence-electron chi connectivity index (χ1n) is 17.4. The van der Waals surface area contributed by atoms with Crippen molar-refractivity contribution in [1.29, 1.82) is 0 Å². The molecule has 0 aliphatic carbocycles. The fraction of sp³-hybridized carbons (Fsp3) is 0.262. The molecule has 1 aliphatic rings. The van der Waals surface area contributed by atoms with Crippen LogP contribution in [0.25, 0.3) is 27.7 Å². The van der Waals surface area contributed by atoms with E-state index in [4.69, 9.17) is 14.5 Å². The van der Waals surface area contributed by atoms with Crippen LogP contribution < -0.4 is 20.1 Å². The molecule has 7 rings (SSSR count). The summed E-state index contributed by atoms with van der Waals surface area (Å²) in [5.74, 6) is 1.52. The molecule has 4 aromatic carbocycles. The van der Waals surface area contributed by atoms with Crippen LogP contribution in [0.15, 0.2) is 109 Å². The van der Waals surface area contributed by atoms with Crippen molar-refractivity contribution >= 4 is 34.1 Å². The van der Waals surface area contributed by atoms with Crippen molar-refractivity contribution in [1.82, 2.24) is 19.6 Å². The van der Waals surface area contributed by atoms with Crippen molar-refractivity contribution in [3.8, 4) is 22.8 Å². The molecule has 2 N–H and O–H groups in total. The Labute approximate surface area is 298 Å². The number of hydrogen-bond donors (Lipinski definition) is 2. The molecule has 2 aromatic heterocycles. The van der Waals surface area contributed by atoms with Gasteiger partial charge >= 0.3 is 0 Å². The maximum absolute atomic E-state index is 14.8. The fourth-order valence-electron chi connectivity index (χ4n) is 6.55. The molecule has 0 fully saturated rings. The number of rotatable bonds is 10.